The highest BCUT2D eigenvalue weighted by atomic mass is 16.2. The maximum Gasteiger partial charge on any atom is 0.279 e. The van der Waals surface area contributed by atoms with Gasteiger partial charge in [0.25, 0.3) is 11.5 Å². The lowest BCUT2D eigenvalue weighted by Crippen LogP contribution is -2.31. The van der Waals surface area contributed by atoms with Crippen molar-refractivity contribution >= 4 is 22.4 Å². The van der Waals surface area contributed by atoms with Gasteiger partial charge in [0.15, 0.2) is 5.69 Å². The van der Waals surface area contributed by atoms with Gasteiger partial charge in [-0.3, -0.25) is 9.59 Å². The van der Waals surface area contributed by atoms with E-state index < -0.39 is 0 Å². The van der Waals surface area contributed by atoms with Crippen LogP contribution in [-0.4, -0.2) is 40.7 Å². The molecule has 1 aromatic heterocycles. The fourth-order valence-corrected chi connectivity index (χ4v) is 4.58. The number of para-hydroxylation sites is 1. The van der Waals surface area contributed by atoms with Crippen LogP contribution in [0.2, 0.25) is 0 Å². The zero-order valence-corrected chi connectivity index (χ0v) is 19.4. The van der Waals surface area contributed by atoms with Gasteiger partial charge in [-0.15, -0.1) is 0 Å². The SMILES string of the molecule is CN(Cc1ccc(N2CCCCC2)cc1)C(=O)c1nn(-c2ccccc2)c(=O)c2ccccc12. The minimum Gasteiger partial charge on any atom is -0.372 e. The minimum atomic E-state index is -0.241. The molecule has 1 aliphatic rings. The number of anilines is 1. The molecule has 0 bridgehead atoms. The second-order valence-electron chi connectivity index (χ2n) is 8.82. The first-order chi connectivity index (χ1) is 16.6. The molecule has 4 aromatic rings. The van der Waals surface area contributed by atoms with Crippen molar-refractivity contribution < 1.29 is 4.79 Å². The quantitative estimate of drug-likeness (QED) is 0.442. The molecule has 3 aromatic carbocycles. The number of aromatic nitrogens is 2. The van der Waals surface area contributed by atoms with Crippen LogP contribution in [-0.2, 0) is 6.54 Å². The Hall–Kier alpha value is -3.93. The zero-order valence-electron chi connectivity index (χ0n) is 19.4. The van der Waals surface area contributed by atoms with Crippen LogP contribution in [0.25, 0.3) is 16.5 Å². The third kappa shape index (κ3) is 4.31. The van der Waals surface area contributed by atoms with Crippen LogP contribution in [0, 0.1) is 0 Å². The molecule has 0 spiro atoms. The molecule has 0 unspecified atom stereocenters. The van der Waals surface area contributed by atoms with Crippen molar-refractivity contribution in [2.45, 2.75) is 25.8 Å². The van der Waals surface area contributed by atoms with Crippen LogP contribution in [0.5, 0.6) is 0 Å². The van der Waals surface area contributed by atoms with E-state index in [2.05, 4.69) is 34.3 Å². The summed E-state index contributed by atoms with van der Waals surface area (Å²) in [5.41, 5.74) is 2.95. The monoisotopic (exact) mass is 452 g/mol. The first-order valence-corrected chi connectivity index (χ1v) is 11.8. The van der Waals surface area contributed by atoms with Gasteiger partial charge in [0.2, 0.25) is 0 Å². The van der Waals surface area contributed by atoms with E-state index in [1.807, 2.05) is 36.4 Å². The normalized spacial score (nSPS) is 13.7. The fourth-order valence-electron chi connectivity index (χ4n) is 4.58. The lowest BCUT2D eigenvalue weighted by molar-refractivity contribution is 0.0779. The molecule has 5 rings (SSSR count). The molecule has 2 heterocycles. The van der Waals surface area contributed by atoms with Gasteiger partial charge >= 0.3 is 0 Å². The van der Waals surface area contributed by atoms with E-state index in [0.29, 0.717) is 23.0 Å². The summed E-state index contributed by atoms with van der Waals surface area (Å²) >= 11 is 0. The molecule has 6 heteroatoms. The van der Waals surface area contributed by atoms with Crippen molar-refractivity contribution in [1.82, 2.24) is 14.7 Å². The van der Waals surface area contributed by atoms with E-state index in [-0.39, 0.29) is 17.2 Å². The smallest absolute Gasteiger partial charge is 0.279 e. The van der Waals surface area contributed by atoms with Gasteiger partial charge in [0, 0.05) is 37.8 Å². The van der Waals surface area contributed by atoms with Crippen molar-refractivity contribution in [2.75, 3.05) is 25.0 Å². The topological polar surface area (TPSA) is 58.4 Å². The maximum atomic E-state index is 13.5. The molecule has 6 nitrogen and oxygen atoms in total. The Kier molecular flexibility index (Phi) is 6.12. The van der Waals surface area contributed by atoms with Crippen LogP contribution in [0.3, 0.4) is 0 Å². The summed E-state index contributed by atoms with van der Waals surface area (Å²) in [6.45, 7) is 2.67. The van der Waals surface area contributed by atoms with Gasteiger partial charge in [0.1, 0.15) is 0 Å². The number of hydrogen-bond acceptors (Lipinski definition) is 4. The molecule has 34 heavy (non-hydrogen) atoms. The van der Waals surface area contributed by atoms with Gasteiger partial charge in [-0.2, -0.15) is 9.78 Å². The number of carbonyl (C=O) groups is 1. The summed E-state index contributed by atoms with van der Waals surface area (Å²) in [7, 11) is 1.77. The first-order valence-electron chi connectivity index (χ1n) is 11.8. The molecule has 0 radical (unpaired) electrons. The molecular weight excluding hydrogens is 424 g/mol. The van der Waals surface area contributed by atoms with Crippen molar-refractivity contribution in [2.24, 2.45) is 0 Å². The maximum absolute atomic E-state index is 13.5. The summed E-state index contributed by atoms with van der Waals surface area (Å²) in [5.74, 6) is -0.221. The Morgan fingerprint density at radius 3 is 2.18 bits per heavy atom. The Bertz CT molecular complexity index is 1360. The lowest BCUT2D eigenvalue weighted by Gasteiger charge is -2.29. The second-order valence-corrected chi connectivity index (χ2v) is 8.82. The van der Waals surface area contributed by atoms with Crippen LogP contribution in [0.15, 0.2) is 83.7 Å². The number of piperidine rings is 1. The van der Waals surface area contributed by atoms with Crippen molar-refractivity contribution in [3.8, 4) is 5.69 Å². The van der Waals surface area contributed by atoms with E-state index in [4.69, 9.17) is 0 Å². The first kappa shape index (κ1) is 21.9. The molecular formula is C28H28N4O2. The molecule has 1 saturated heterocycles. The largest absolute Gasteiger partial charge is 0.372 e. The number of carbonyl (C=O) groups excluding carboxylic acids is 1. The third-order valence-electron chi connectivity index (χ3n) is 6.43. The molecule has 0 atom stereocenters. The van der Waals surface area contributed by atoms with Crippen molar-refractivity contribution in [3.63, 3.8) is 0 Å². The second kappa shape index (κ2) is 9.51. The molecule has 0 aliphatic carbocycles. The van der Waals surface area contributed by atoms with Crippen LogP contribution >= 0.6 is 0 Å². The predicted octanol–water partition coefficient (Wildman–Crippen LogP) is 4.65. The molecule has 1 aliphatic heterocycles. The number of nitrogens with zero attached hydrogens (tertiary/aromatic N) is 4. The Morgan fingerprint density at radius 1 is 0.824 bits per heavy atom. The summed E-state index contributed by atoms with van der Waals surface area (Å²) in [5, 5.41) is 5.56. The highest BCUT2D eigenvalue weighted by Gasteiger charge is 2.21. The molecule has 0 saturated carbocycles. The van der Waals surface area contributed by atoms with E-state index in [1.165, 1.54) is 29.6 Å². The van der Waals surface area contributed by atoms with Crippen LogP contribution in [0.4, 0.5) is 5.69 Å². The van der Waals surface area contributed by atoms with Gasteiger partial charge in [-0.25, -0.2) is 0 Å². The minimum absolute atomic E-state index is 0.221. The standard InChI is InChI=1S/C28H28N4O2/c1-30(20-21-14-16-22(17-15-21)31-18-8-3-9-19-31)28(34)26-24-12-6-7-13-25(24)27(33)32(29-26)23-10-4-2-5-11-23/h2,4-7,10-17H,3,8-9,18-20H2,1H3. The van der Waals surface area contributed by atoms with E-state index in [0.717, 1.165) is 18.7 Å². The van der Waals surface area contributed by atoms with Gasteiger partial charge in [-0.1, -0.05) is 48.5 Å². The highest BCUT2D eigenvalue weighted by Crippen LogP contribution is 2.22. The number of hydrogen-bond donors (Lipinski definition) is 0. The highest BCUT2D eigenvalue weighted by molar-refractivity contribution is 6.04. The van der Waals surface area contributed by atoms with Crippen LogP contribution in [0.1, 0.15) is 35.3 Å². The predicted molar refractivity (Wildman–Crippen MR) is 136 cm³/mol. The summed E-state index contributed by atoms with van der Waals surface area (Å²) < 4.78 is 1.32. The fraction of sp³-hybridized carbons (Fsp3) is 0.250. The number of benzene rings is 3. The Labute approximate surface area is 199 Å². The number of fused-ring (bicyclic) bond motifs is 1. The van der Waals surface area contributed by atoms with Crippen molar-refractivity contribution in [3.05, 3.63) is 100 Å². The molecule has 172 valence electrons. The van der Waals surface area contributed by atoms with E-state index in [9.17, 15) is 9.59 Å². The van der Waals surface area contributed by atoms with Gasteiger partial charge in [-0.05, 0) is 55.2 Å². The molecule has 1 amide bonds. The third-order valence-corrected chi connectivity index (χ3v) is 6.43. The average molecular weight is 453 g/mol. The molecule has 0 N–H and O–H groups in total. The van der Waals surface area contributed by atoms with Gasteiger partial charge in [0.05, 0.1) is 11.1 Å². The lowest BCUT2D eigenvalue weighted by atomic mass is 10.1. The summed E-state index contributed by atoms with van der Waals surface area (Å²) in [6.07, 6.45) is 3.79. The summed E-state index contributed by atoms with van der Waals surface area (Å²) in [6, 6.07) is 24.8. The van der Waals surface area contributed by atoms with Crippen LogP contribution < -0.4 is 10.5 Å². The molecule has 1 fully saturated rings. The zero-order chi connectivity index (χ0) is 23.5. The Balaban J connectivity index is 1.43. The average Bonchev–Trinajstić information content (AvgIpc) is 2.90. The van der Waals surface area contributed by atoms with E-state index >= 15 is 0 Å². The summed E-state index contributed by atoms with van der Waals surface area (Å²) in [4.78, 5) is 30.7. The van der Waals surface area contributed by atoms with Gasteiger partial charge < -0.3 is 9.80 Å². The van der Waals surface area contributed by atoms with Crippen molar-refractivity contribution in [1.29, 1.82) is 0 Å². The Morgan fingerprint density at radius 2 is 1.47 bits per heavy atom. The van der Waals surface area contributed by atoms with E-state index in [1.54, 1.807) is 30.1 Å². The number of amides is 1. The number of rotatable bonds is 5.